The van der Waals surface area contributed by atoms with Crippen molar-refractivity contribution in [1.82, 2.24) is 5.32 Å². The first kappa shape index (κ1) is 23.4. The number of aliphatic hydroxyl groups is 1. The van der Waals surface area contributed by atoms with Gasteiger partial charge in [0.25, 0.3) is 0 Å². The van der Waals surface area contributed by atoms with Crippen LogP contribution in [0.2, 0.25) is 0 Å². The zero-order valence-electron chi connectivity index (χ0n) is 15.6. The van der Waals surface area contributed by atoms with Gasteiger partial charge in [-0.2, -0.15) is 0 Å². The van der Waals surface area contributed by atoms with E-state index >= 15 is 0 Å². The maximum absolute atomic E-state index is 11.6. The third-order valence-electron chi connectivity index (χ3n) is 4.04. The molecule has 6 heteroatoms. The fourth-order valence-electron chi connectivity index (χ4n) is 2.68. The standard InChI is InChI=1S/C18H37NO4S/c1-3-4-5-6-7-8-9-10-11-12-13-14-18(21)19-15-17(20)16-24(2,22)23/h17,20H,3-16H2,1-2H3,(H,19,21). The van der Waals surface area contributed by atoms with Crippen molar-refractivity contribution in [3.05, 3.63) is 0 Å². The Labute approximate surface area is 148 Å². The van der Waals surface area contributed by atoms with Crippen LogP contribution in [0.25, 0.3) is 0 Å². The van der Waals surface area contributed by atoms with Gasteiger partial charge in [0.05, 0.1) is 11.9 Å². The highest BCUT2D eigenvalue weighted by Crippen LogP contribution is 2.11. The summed E-state index contributed by atoms with van der Waals surface area (Å²) in [5.74, 6) is -0.426. The molecule has 0 aromatic carbocycles. The summed E-state index contributed by atoms with van der Waals surface area (Å²) in [6, 6.07) is 0. The molecular weight excluding hydrogens is 326 g/mol. The van der Waals surface area contributed by atoms with E-state index in [-0.39, 0.29) is 18.2 Å². The molecule has 0 aromatic rings. The smallest absolute Gasteiger partial charge is 0.220 e. The van der Waals surface area contributed by atoms with Crippen molar-refractivity contribution in [2.45, 2.75) is 90.1 Å². The summed E-state index contributed by atoms with van der Waals surface area (Å²) in [5.41, 5.74) is 0. The van der Waals surface area contributed by atoms with Crippen LogP contribution in [0.5, 0.6) is 0 Å². The van der Waals surface area contributed by atoms with E-state index in [0.29, 0.717) is 6.42 Å². The molecule has 0 aliphatic heterocycles. The summed E-state index contributed by atoms with van der Waals surface area (Å²) < 4.78 is 22.0. The molecule has 0 heterocycles. The molecule has 1 atom stereocenters. The van der Waals surface area contributed by atoms with Crippen molar-refractivity contribution < 1.29 is 18.3 Å². The lowest BCUT2D eigenvalue weighted by molar-refractivity contribution is -0.121. The zero-order valence-corrected chi connectivity index (χ0v) is 16.4. The lowest BCUT2D eigenvalue weighted by atomic mass is 10.1. The predicted octanol–water partition coefficient (Wildman–Crippen LogP) is 3.21. The monoisotopic (exact) mass is 363 g/mol. The van der Waals surface area contributed by atoms with Crippen LogP contribution in [0, 0.1) is 0 Å². The highest BCUT2D eigenvalue weighted by atomic mass is 32.2. The van der Waals surface area contributed by atoms with Gasteiger partial charge in [-0.15, -0.1) is 0 Å². The first-order valence-corrected chi connectivity index (χ1v) is 11.5. The number of nitrogens with one attached hydrogen (secondary N) is 1. The molecule has 0 spiro atoms. The van der Waals surface area contributed by atoms with E-state index in [0.717, 1.165) is 19.1 Å². The van der Waals surface area contributed by atoms with E-state index in [2.05, 4.69) is 12.2 Å². The highest BCUT2D eigenvalue weighted by Gasteiger charge is 2.13. The van der Waals surface area contributed by atoms with E-state index in [4.69, 9.17) is 0 Å². The van der Waals surface area contributed by atoms with E-state index in [1.165, 1.54) is 57.8 Å². The zero-order chi connectivity index (χ0) is 18.3. The molecule has 0 saturated carbocycles. The van der Waals surface area contributed by atoms with Gasteiger partial charge < -0.3 is 10.4 Å². The number of amides is 1. The summed E-state index contributed by atoms with van der Waals surface area (Å²) in [4.78, 5) is 11.6. The van der Waals surface area contributed by atoms with Crippen molar-refractivity contribution in [2.75, 3.05) is 18.6 Å². The number of carbonyl (C=O) groups is 1. The third kappa shape index (κ3) is 17.7. The van der Waals surface area contributed by atoms with E-state index in [1.54, 1.807) is 0 Å². The minimum absolute atomic E-state index is 0.00390. The average molecular weight is 364 g/mol. The molecule has 0 aliphatic carbocycles. The van der Waals surface area contributed by atoms with Gasteiger partial charge in [-0.3, -0.25) is 4.79 Å². The van der Waals surface area contributed by atoms with Crippen LogP contribution in [0.3, 0.4) is 0 Å². The Bertz CT molecular complexity index is 409. The van der Waals surface area contributed by atoms with Gasteiger partial charge in [-0.25, -0.2) is 8.42 Å². The second kappa shape index (κ2) is 14.7. The number of hydrogen-bond donors (Lipinski definition) is 2. The summed E-state index contributed by atoms with van der Waals surface area (Å²) >= 11 is 0. The topological polar surface area (TPSA) is 83.5 Å². The number of hydrogen-bond acceptors (Lipinski definition) is 4. The quantitative estimate of drug-likeness (QED) is 0.412. The predicted molar refractivity (Wildman–Crippen MR) is 99.8 cm³/mol. The highest BCUT2D eigenvalue weighted by molar-refractivity contribution is 7.90. The van der Waals surface area contributed by atoms with Crippen molar-refractivity contribution in [1.29, 1.82) is 0 Å². The molecule has 0 saturated heterocycles. The fraction of sp³-hybridized carbons (Fsp3) is 0.944. The largest absolute Gasteiger partial charge is 0.390 e. The minimum Gasteiger partial charge on any atom is -0.390 e. The maximum Gasteiger partial charge on any atom is 0.220 e. The number of sulfone groups is 1. The normalized spacial score (nSPS) is 13.0. The number of unbranched alkanes of at least 4 members (excludes halogenated alkanes) is 10. The molecule has 0 fully saturated rings. The molecule has 2 N–H and O–H groups in total. The number of rotatable bonds is 16. The van der Waals surface area contributed by atoms with Crippen LogP contribution in [-0.4, -0.2) is 44.1 Å². The summed E-state index contributed by atoms with van der Waals surface area (Å²) in [6.07, 6.45) is 14.1. The van der Waals surface area contributed by atoms with Crippen LogP contribution in [0.1, 0.15) is 84.0 Å². The van der Waals surface area contributed by atoms with Crippen molar-refractivity contribution in [3.8, 4) is 0 Å². The van der Waals surface area contributed by atoms with Crippen LogP contribution >= 0.6 is 0 Å². The van der Waals surface area contributed by atoms with Gasteiger partial charge in [0.1, 0.15) is 9.84 Å². The Morgan fingerprint density at radius 2 is 1.38 bits per heavy atom. The van der Waals surface area contributed by atoms with Crippen molar-refractivity contribution >= 4 is 15.7 Å². The molecule has 144 valence electrons. The fourth-order valence-corrected chi connectivity index (χ4v) is 3.49. The van der Waals surface area contributed by atoms with Crippen molar-refractivity contribution in [3.63, 3.8) is 0 Å². The second-order valence-corrected chi connectivity index (χ2v) is 9.02. The number of carbonyl (C=O) groups excluding carboxylic acids is 1. The van der Waals surface area contributed by atoms with Gasteiger partial charge in [0, 0.05) is 19.2 Å². The van der Waals surface area contributed by atoms with E-state index < -0.39 is 15.9 Å². The molecule has 5 nitrogen and oxygen atoms in total. The summed E-state index contributed by atoms with van der Waals surface area (Å²) in [7, 11) is -3.21. The first-order valence-electron chi connectivity index (χ1n) is 9.47. The van der Waals surface area contributed by atoms with Crippen LogP contribution < -0.4 is 5.32 Å². The van der Waals surface area contributed by atoms with Gasteiger partial charge in [-0.05, 0) is 6.42 Å². The molecular formula is C18H37NO4S. The van der Waals surface area contributed by atoms with Crippen LogP contribution in [-0.2, 0) is 14.6 Å². The Hall–Kier alpha value is -0.620. The summed E-state index contributed by atoms with van der Waals surface area (Å²) in [6.45, 7) is 2.24. The number of aliphatic hydroxyl groups excluding tert-OH is 1. The van der Waals surface area contributed by atoms with Gasteiger partial charge in [-0.1, -0.05) is 71.1 Å². The van der Waals surface area contributed by atoms with E-state index in [1.807, 2.05) is 0 Å². The SMILES string of the molecule is CCCCCCCCCCCCCC(=O)NCC(O)CS(C)(=O)=O. The van der Waals surface area contributed by atoms with Gasteiger partial charge in [0.15, 0.2) is 0 Å². The summed E-state index contributed by atoms with van der Waals surface area (Å²) in [5, 5.41) is 12.1. The van der Waals surface area contributed by atoms with E-state index in [9.17, 15) is 18.3 Å². The second-order valence-electron chi connectivity index (χ2n) is 6.84. The first-order chi connectivity index (χ1) is 11.3. The van der Waals surface area contributed by atoms with Crippen molar-refractivity contribution in [2.24, 2.45) is 0 Å². The van der Waals surface area contributed by atoms with Gasteiger partial charge >= 0.3 is 0 Å². The Morgan fingerprint density at radius 1 is 0.917 bits per heavy atom. The Kier molecular flexibility index (Phi) is 14.3. The molecule has 0 rings (SSSR count). The molecule has 0 aromatic heterocycles. The van der Waals surface area contributed by atoms with Gasteiger partial charge in [0.2, 0.25) is 5.91 Å². The molecule has 1 unspecified atom stereocenters. The van der Waals surface area contributed by atoms with Crippen LogP contribution in [0.15, 0.2) is 0 Å². The molecule has 24 heavy (non-hydrogen) atoms. The Balaban J connectivity index is 3.37. The molecule has 0 radical (unpaired) electrons. The molecule has 0 aliphatic rings. The lowest BCUT2D eigenvalue weighted by Crippen LogP contribution is -2.35. The lowest BCUT2D eigenvalue weighted by Gasteiger charge is -2.10. The molecule has 1 amide bonds. The third-order valence-corrected chi connectivity index (χ3v) is 5.03. The minimum atomic E-state index is -3.21. The average Bonchev–Trinajstić information content (AvgIpc) is 2.49. The Morgan fingerprint density at radius 3 is 1.83 bits per heavy atom. The molecule has 0 bridgehead atoms. The maximum atomic E-state index is 11.6. The van der Waals surface area contributed by atoms with Crippen LogP contribution in [0.4, 0.5) is 0 Å².